The second-order valence-electron chi connectivity index (χ2n) is 9.98. The fraction of sp³-hybridized carbons (Fsp3) is 0.500. The summed E-state index contributed by atoms with van der Waals surface area (Å²) in [6.07, 6.45) is 8.77. The van der Waals surface area contributed by atoms with E-state index in [-0.39, 0.29) is 5.91 Å². The second-order valence-corrected chi connectivity index (χ2v) is 9.98. The van der Waals surface area contributed by atoms with E-state index in [0.717, 1.165) is 46.4 Å². The zero-order chi connectivity index (χ0) is 24.4. The molecule has 3 aromatic rings. The predicted molar refractivity (Wildman–Crippen MR) is 136 cm³/mol. The fourth-order valence-electron chi connectivity index (χ4n) is 5.30. The molecule has 1 aromatic carbocycles. The largest absolute Gasteiger partial charge is 0.497 e. The molecule has 2 N–H and O–H groups in total. The average molecular weight is 477 g/mol. The van der Waals surface area contributed by atoms with Crippen LogP contribution < -0.4 is 14.8 Å². The lowest BCUT2D eigenvalue weighted by Crippen LogP contribution is -2.24. The molecule has 2 saturated carbocycles. The Labute approximate surface area is 207 Å². The predicted octanol–water partition coefficient (Wildman–Crippen LogP) is 5.59. The van der Waals surface area contributed by atoms with Crippen molar-refractivity contribution in [3.05, 3.63) is 53.0 Å². The van der Waals surface area contributed by atoms with Crippen LogP contribution in [0.1, 0.15) is 78.3 Å². The van der Waals surface area contributed by atoms with Crippen molar-refractivity contribution < 1.29 is 14.3 Å². The molecule has 7 nitrogen and oxygen atoms in total. The molecule has 0 spiro atoms. The number of methoxy groups -OCH3 is 2. The standard InChI is InChI=1S/C28H36N4O3/c1-18-23(28(33)29-16-21-13-25(31-30-21)20-9-10-20)15-26(32(18)17-19-7-5-4-6-8-19)24-14-22(34-2)11-12-27(24)35-3/h11-15,19-20H,4-10,16-17H2,1-3H3,(H,29,33)(H,30,31). The molecule has 7 heteroatoms. The third kappa shape index (κ3) is 5.09. The summed E-state index contributed by atoms with van der Waals surface area (Å²) in [4.78, 5) is 13.3. The number of carbonyl (C=O) groups excluding carboxylic acids is 1. The first-order valence-electron chi connectivity index (χ1n) is 12.8. The van der Waals surface area contributed by atoms with Crippen molar-refractivity contribution in [1.29, 1.82) is 0 Å². The Hall–Kier alpha value is -3.22. The first kappa shape index (κ1) is 23.5. The Morgan fingerprint density at radius 3 is 2.60 bits per heavy atom. The number of nitrogens with one attached hydrogen (secondary N) is 2. The minimum Gasteiger partial charge on any atom is -0.497 e. The first-order chi connectivity index (χ1) is 17.1. The molecule has 2 heterocycles. The molecule has 186 valence electrons. The van der Waals surface area contributed by atoms with Crippen molar-refractivity contribution in [3.8, 4) is 22.8 Å². The highest BCUT2D eigenvalue weighted by Crippen LogP contribution is 2.39. The van der Waals surface area contributed by atoms with Crippen molar-refractivity contribution in [3.63, 3.8) is 0 Å². The molecule has 0 saturated heterocycles. The lowest BCUT2D eigenvalue weighted by atomic mass is 9.89. The van der Waals surface area contributed by atoms with Crippen molar-refractivity contribution in [2.45, 2.75) is 70.9 Å². The number of nitrogens with zero attached hydrogens (tertiary/aromatic N) is 2. The average Bonchev–Trinajstić information content (AvgIpc) is 3.55. The molecule has 1 amide bonds. The maximum atomic E-state index is 13.3. The molecule has 0 radical (unpaired) electrons. The number of carbonyl (C=O) groups is 1. The van der Waals surface area contributed by atoms with Gasteiger partial charge >= 0.3 is 0 Å². The van der Waals surface area contributed by atoms with Gasteiger partial charge in [0.25, 0.3) is 5.91 Å². The smallest absolute Gasteiger partial charge is 0.253 e. The van der Waals surface area contributed by atoms with Gasteiger partial charge in [0.1, 0.15) is 11.5 Å². The van der Waals surface area contributed by atoms with Crippen LogP contribution in [0.15, 0.2) is 30.3 Å². The number of aromatic nitrogens is 3. The van der Waals surface area contributed by atoms with Gasteiger partial charge in [-0.1, -0.05) is 19.3 Å². The Kier molecular flexibility index (Phi) is 6.84. The summed E-state index contributed by atoms with van der Waals surface area (Å²) in [5, 5.41) is 10.6. The number of amides is 1. The number of benzene rings is 1. The number of aromatic amines is 1. The maximum absolute atomic E-state index is 13.3. The lowest BCUT2D eigenvalue weighted by Gasteiger charge is -2.24. The van der Waals surface area contributed by atoms with Crippen LogP contribution in [-0.2, 0) is 13.1 Å². The van der Waals surface area contributed by atoms with Gasteiger partial charge in [-0.2, -0.15) is 5.10 Å². The number of H-pyrrole nitrogens is 1. The topological polar surface area (TPSA) is 81.2 Å². The molecule has 35 heavy (non-hydrogen) atoms. The maximum Gasteiger partial charge on any atom is 0.253 e. The highest BCUT2D eigenvalue weighted by atomic mass is 16.5. The minimum atomic E-state index is -0.0735. The van der Waals surface area contributed by atoms with E-state index in [4.69, 9.17) is 9.47 Å². The van der Waals surface area contributed by atoms with Crippen molar-refractivity contribution in [1.82, 2.24) is 20.1 Å². The number of hydrogen-bond donors (Lipinski definition) is 2. The summed E-state index contributed by atoms with van der Waals surface area (Å²) in [6.45, 7) is 3.39. The quantitative estimate of drug-likeness (QED) is 0.422. The first-order valence-corrected chi connectivity index (χ1v) is 12.8. The number of ether oxygens (including phenoxy) is 2. The minimum absolute atomic E-state index is 0.0735. The van der Waals surface area contributed by atoms with E-state index < -0.39 is 0 Å². The van der Waals surface area contributed by atoms with Crippen molar-refractivity contribution in [2.24, 2.45) is 5.92 Å². The molecular weight excluding hydrogens is 440 g/mol. The van der Waals surface area contributed by atoms with Crippen LogP contribution in [0.3, 0.4) is 0 Å². The summed E-state index contributed by atoms with van der Waals surface area (Å²) in [5.74, 6) is 2.67. The fourth-order valence-corrected chi connectivity index (χ4v) is 5.30. The number of rotatable bonds is 9. The highest BCUT2D eigenvalue weighted by molar-refractivity contribution is 5.97. The molecule has 5 rings (SSSR count). The molecule has 2 aromatic heterocycles. The van der Waals surface area contributed by atoms with Crippen LogP contribution in [0.5, 0.6) is 11.5 Å². The van der Waals surface area contributed by atoms with Crippen LogP contribution in [0.2, 0.25) is 0 Å². The van der Waals surface area contributed by atoms with E-state index in [1.165, 1.54) is 44.9 Å². The third-order valence-corrected chi connectivity index (χ3v) is 7.55. The Morgan fingerprint density at radius 2 is 1.89 bits per heavy atom. The van der Waals surface area contributed by atoms with Gasteiger partial charge < -0.3 is 19.4 Å². The SMILES string of the molecule is COc1ccc(OC)c(-c2cc(C(=O)NCc3cc(C4CC4)n[nH]3)c(C)n2CC2CCCCC2)c1. The van der Waals surface area contributed by atoms with E-state index in [1.807, 2.05) is 24.3 Å². The van der Waals surface area contributed by atoms with Gasteiger partial charge in [0.05, 0.1) is 43.4 Å². The molecule has 0 bridgehead atoms. The van der Waals surface area contributed by atoms with Gasteiger partial charge in [-0.05, 0) is 68.9 Å². The van der Waals surface area contributed by atoms with Gasteiger partial charge in [-0.15, -0.1) is 0 Å². The third-order valence-electron chi connectivity index (χ3n) is 7.55. The highest BCUT2D eigenvalue weighted by Gasteiger charge is 2.27. The zero-order valence-corrected chi connectivity index (χ0v) is 21.0. The van der Waals surface area contributed by atoms with Gasteiger partial charge in [-0.3, -0.25) is 9.89 Å². The summed E-state index contributed by atoms with van der Waals surface area (Å²) in [5.41, 5.74) is 5.66. The Bertz CT molecular complexity index is 1190. The molecule has 0 aliphatic heterocycles. The van der Waals surface area contributed by atoms with E-state index in [9.17, 15) is 4.79 Å². The van der Waals surface area contributed by atoms with E-state index >= 15 is 0 Å². The van der Waals surface area contributed by atoms with Crippen LogP contribution in [-0.4, -0.2) is 34.9 Å². The van der Waals surface area contributed by atoms with E-state index in [1.54, 1.807) is 14.2 Å². The van der Waals surface area contributed by atoms with Gasteiger partial charge in [0, 0.05) is 23.7 Å². The molecule has 2 fully saturated rings. The summed E-state index contributed by atoms with van der Waals surface area (Å²) >= 11 is 0. The van der Waals surface area contributed by atoms with Gasteiger partial charge in [0.15, 0.2) is 0 Å². The van der Waals surface area contributed by atoms with E-state index in [2.05, 4.69) is 33.1 Å². The monoisotopic (exact) mass is 476 g/mol. The second kappa shape index (κ2) is 10.2. The van der Waals surface area contributed by atoms with Crippen LogP contribution in [0.25, 0.3) is 11.3 Å². The van der Waals surface area contributed by atoms with Gasteiger partial charge in [-0.25, -0.2) is 0 Å². The normalized spacial score (nSPS) is 16.3. The summed E-state index contributed by atoms with van der Waals surface area (Å²) in [7, 11) is 3.35. The van der Waals surface area contributed by atoms with Gasteiger partial charge in [0.2, 0.25) is 0 Å². The number of hydrogen-bond acceptors (Lipinski definition) is 4. The van der Waals surface area contributed by atoms with Crippen molar-refractivity contribution >= 4 is 5.91 Å². The van der Waals surface area contributed by atoms with Crippen LogP contribution in [0, 0.1) is 12.8 Å². The van der Waals surface area contributed by atoms with Crippen molar-refractivity contribution in [2.75, 3.05) is 14.2 Å². The summed E-state index contributed by atoms with van der Waals surface area (Å²) < 4.78 is 13.5. The molecule has 0 atom stereocenters. The van der Waals surface area contributed by atoms with E-state index in [0.29, 0.717) is 23.9 Å². The zero-order valence-electron chi connectivity index (χ0n) is 21.0. The lowest BCUT2D eigenvalue weighted by molar-refractivity contribution is 0.0949. The molecule has 2 aliphatic carbocycles. The molecular formula is C28H36N4O3. The van der Waals surface area contributed by atoms with Crippen LogP contribution in [0.4, 0.5) is 0 Å². The molecule has 2 aliphatic rings. The Morgan fingerprint density at radius 1 is 1.09 bits per heavy atom. The molecule has 0 unspecified atom stereocenters. The van der Waals surface area contributed by atoms with Crippen LogP contribution >= 0.6 is 0 Å². The summed E-state index contributed by atoms with van der Waals surface area (Å²) in [6, 6.07) is 9.91. The Balaban J connectivity index is 1.45.